The third-order valence-corrected chi connectivity index (χ3v) is 7.10. The lowest BCUT2D eigenvalue weighted by molar-refractivity contribution is -0.131. The topological polar surface area (TPSA) is 82.5 Å². The number of carbonyl (C=O) groups excluding carboxylic acids is 2. The van der Waals surface area contributed by atoms with Gasteiger partial charge in [0.05, 0.1) is 22.5 Å². The summed E-state index contributed by atoms with van der Waals surface area (Å²) in [6.07, 6.45) is 0. The molecule has 138 valence electrons. The summed E-state index contributed by atoms with van der Waals surface area (Å²) in [5.41, 5.74) is 4.73. The van der Waals surface area contributed by atoms with Gasteiger partial charge in [-0.3, -0.25) is 14.6 Å². The van der Waals surface area contributed by atoms with Crippen molar-refractivity contribution in [2.75, 3.05) is 12.3 Å². The van der Waals surface area contributed by atoms with Gasteiger partial charge in [0.25, 0.3) is 0 Å². The van der Waals surface area contributed by atoms with Gasteiger partial charge in [0.15, 0.2) is 4.34 Å². The van der Waals surface area contributed by atoms with E-state index in [-0.39, 0.29) is 28.7 Å². The molecule has 1 unspecified atom stereocenters. The van der Waals surface area contributed by atoms with E-state index in [1.54, 1.807) is 24.3 Å². The van der Waals surface area contributed by atoms with Gasteiger partial charge in [0, 0.05) is 0 Å². The summed E-state index contributed by atoms with van der Waals surface area (Å²) in [5, 5.41) is 10.6. The number of nitrogens with zero attached hydrogens (tertiary/aromatic N) is 2. The predicted octanol–water partition coefficient (Wildman–Crippen LogP) is 3.40. The van der Waals surface area contributed by atoms with Crippen LogP contribution in [0.25, 0.3) is 10.2 Å². The number of hydrogen-bond donors (Lipinski definition) is 2. The van der Waals surface area contributed by atoms with Crippen molar-refractivity contribution in [3.05, 3.63) is 54.1 Å². The number of hydrazine groups is 1. The van der Waals surface area contributed by atoms with E-state index in [0.717, 1.165) is 27.5 Å². The second kappa shape index (κ2) is 7.89. The third kappa shape index (κ3) is 4.11. The van der Waals surface area contributed by atoms with Crippen LogP contribution in [-0.4, -0.2) is 38.4 Å². The van der Waals surface area contributed by atoms with Crippen molar-refractivity contribution in [3.63, 3.8) is 0 Å². The Bertz CT molecular complexity index is 957. The molecule has 1 amide bonds. The Labute approximate surface area is 167 Å². The van der Waals surface area contributed by atoms with Gasteiger partial charge in [0.1, 0.15) is 11.1 Å². The fourth-order valence-electron chi connectivity index (χ4n) is 2.66. The zero-order valence-corrected chi connectivity index (χ0v) is 16.4. The molecule has 2 heterocycles. The zero-order valence-electron chi connectivity index (χ0n) is 14.0. The molecular formula is C18H15N3O3S3. The Morgan fingerprint density at radius 2 is 2.04 bits per heavy atom. The third-order valence-electron chi connectivity index (χ3n) is 3.92. The van der Waals surface area contributed by atoms with Crippen LogP contribution in [0.3, 0.4) is 0 Å². The van der Waals surface area contributed by atoms with Gasteiger partial charge in [-0.1, -0.05) is 24.3 Å². The molecule has 1 aliphatic rings. The predicted molar refractivity (Wildman–Crippen MR) is 109 cm³/mol. The smallest absolute Gasteiger partial charge is 0.248 e. The van der Waals surface area contributed by atoms with E-state index in [1.807, 2.05) is 24.3 Å². The molecule has 0 radical (unpaired) electrons. The minimum Gasteiger partial charge on any atom is -0.508 e. The Balaban J connectivity index is 1.39. The number of aromatic nitrogens is 1. The molecule has 4 rings (SSSR count). The average molecular weight is 418 g/mol. The van der Waals surface area contributed by atoms with Crippen LogP contribution < -0.4 is 5.43 Å². The normalized spacial score (nSPS) is 17.0. The lowest BCUT2D eigenvalue weighted by atomic mass is 10.2. The van der Waals surface area contributed by atoms with Gasteiger partial charge < -0.3 is 5.11 Å². The number of thioether (sulfide) groups is 2. The molecule has 2 aromatic carbocycles. The Kier molecular flexibility index (Phi) is 5.35. The molecule has 1 saturated heterocycles. The first-order chi connectivity index (χ1) is 13.1. The van der Waals surface area contributed by atoms with Crippen LogP contribution in [0.15, 0.2) is 52.9 Å². The summed E-state index contributed by atoms with van der Waals surface area (Å²) >= 11 is 4.04. The fraction of sp³-hybridized carbons (Fsp3) is 0.167. The number of hydrogen-bond acceptors (Lipinski definition) is 8. The summed E-state index contributed by atoms with van der Waals surface area (Å²) in [7, 11) is 0. The number of amides is 1. The lowest BCUT2D eigenvalue weighted by Gasteiger charge is -2.24. The molecule has 0 spiro atoms. The maximum atomic E-state index is 12.3. The highest BCUT2D eigenvalue weighted by atomic mass is 32.2. The molecule has 0 aliphatic carbocycles. The Hall–Kier alpha value is -2.07. The number of fused-ring (bicyclic) bond motifs is 1. The van der Waals surface area contributed by atoms with Crippen molar-refractivity contribution >= 4 is 56.1 Å². The van der Waals surface area contributed by atoms with Gasteiger partial charge in [-0.15, -0.1) is 23.1 Å². The lowest BCUT2D eigenvalue weighted by Crippen LogP contribution is -2.43. The van der Waals surface area contributed by atoms with Crippen LogP contribution in [0.1, 0.15) is 10.9 Å². The van der Waals surface area contributed by atoms with E-state index in [0.29, 0.717) is 10.1 Å². The van der Waals surface area contributed by atoms with E-state index < -0.39 is 0 Å². The highest BCUT2D eigenvalue weighted by Crippen LogP contribution is 2.37. The van der Waals surface area contributed by atoms with Gasteiger partial charge >= 0.3 is 0 Å². The summed E-state index contributed by atoms with van der Waals surface area (Å²) in [4.78, 5) is 29.0. The summed E-state index contributed by atoms with van der Waals surface area (Å²) in [6, 6.07) is 14.5. The number of benzene rings is 2. The molecule has 1 aliphatic heterocycles. The largest absolute Gasteiger partial charge is 0.508 e. The van der Waals surface area contributed by atoms with E-state index in [2.05, 4.69) is 10.4 Å². The van der Waals surface area contributed by atoms with Gasteiger partial charge in [-0.05, 0) is 41.6 Å². The van der Waals surface area contributed by atoms with Crippen LogP contribution in [0, 0.1) is 0 Å². The molecule has 2 N–H and O–H groups in total. The quantitative estimate of drug-likeness (QED) is 0.616. The van der Waals surface area contributed by atoms with Crippen molar-refractivity contribution in [2.45, 2.75) is 9.71 Å². The second-order valence-corrected chi connectivity index (χ2v) is 9.18. The van der Waals surface area contributed by atoms with Crippen LogP contribution in [-0.2, 0) is 9.59 Å². The molecule has 3 aromatic rings. The Morgan fingerprint density at radius 3 is 2.81 bits per heavy atom. The number of phenols is 1. The number of aromatic hydroxyl groups is 1. The van der Waals surface area contributed by atoms with Crippen molar-refractivity contribution in [1.29, 1.82) is 0 Å². The molecule has 27 heavy (non-hydrogen) atoms. The number of nitrogens with one attached hydrogen (secondary N) is 1. The van der Waals surface area contributed by atoms with E-state index >= 15 is 0 Å². The monoisotopic (exact) mass is 417 g/mol. The first-order valence-electron chi connectivity index (χ1n) is 8.12. The van der Waals surface area contributed by atoms with Crippen LogP contribution in [0.4, 0.5) is 0 Å². The molecule has 9 heteroatoms. The van der Waals surface area contributed by atoms with Crippen molar-refractivity contribution in [3.8, 4) is 5.75 Å². The van der Waals surface area contributed by atoms with E-state index in [4.69, 9.17) is 0 Å². The number of thiazole rings is 1. The van der Waals surface area contributed by atoms with Crippen LogP contribution in [0.2, 0.25) is 0 Å². The fourth-order valence-corrected chi connectivity index (χ4v) is 5.68. The maximum absolute atomic E-state index is 12.3. The zero-order chi connectivity index (χ0) is 18.8. The van der Waals surface area contributed by atoms with Crippen LogP contribution in [0.5, 0.6) is 5.75 Å². The number of para-hydroxylation sites is 1. The van der Waals surface area contributed by atoms with Crippen molar-refractivity contribution in [1.82, 2.24) is 15.4 Å². The molecule has 1 aromatic heterocycles. The average Bonchev–Trinajstić information content (AvgIpc) is 3.23. The first-order valence-corrected chi connectivity index (χ1v) is 10.8. The number of carbonyl (C=O) groups is 2. The number of phenolic OH excluding ortho intramolecular Hbond substituents is 1. The molecular weight excluding hydrogens is 402 g/mol. The summed E-state index contributed by atoms with van der Waals surface area (Å²) in [6.45, 7) is 0.0292. The molecule has 0 bridgehead atoms. The Morgan fingerprint density at radius 1 is 1.26 bits per heavy atom. The highest BCUT2D eigenvalue weighted by Gasteiger charge is 2.33. The van der Waals surface area contributed by atoms with Crippen LogP contribution >= 0.6 is 34.9 Å². The highest BCUT2D eigenvalue weighted by molar-refractivity contribution is 8.15. The van der Waals surface area contributed by atoms with Crippen molar-refractivity contribution < 1.29 is 14.7 Å². The van der Waals surface area contributed by atoms with E-state index in [1.165, 1.54) is 28.1 Å². The SMILES string of the molecule is O=C(CNN1C(=O)CSC1c1ccc(O)cc1)Sc1nc2ccccc2s1. The van der Waals surface area contributed by atoms with Gasteiger partial charge in [0.2, 0.25) is 11.0 Å². The first kappa shape index (κ1) is 18.3. The maximum Gasteiger partial charge on any atom is 0.248 e. The van der Waals surface area contributed by atoms with Gasteiger partial charge in [-0.25, -0.2) is 10.4 Å². The number of rotatable bonds is 5. The molecule has 6 nitrogen and oxygen atoms in total. The molecule has 1 fully saturated rings. The minimum atomic E-state index is -0.224. The summed E-state index contributed by atoms with van der Waals surface area (Å²) < 4.78 is 1.74. The summed E-state index contributed by atoms with van der Waals surface area (Å²) in [5.74, 6) is 0.448. The molecule has 0 saturated carbocycles. The van der Waals surface area contributed by atoms with Crippen molar-refractivity contribution in [2.24, 2.45) is 0 Å². The van der Waals surface area contributed by atoms with Gasteiger partial charge in [-0.2, -0.15) is 0 Å². The standard InChI is InChI=1S/C18H15N3O3S3/c22-12-7-5-11(6-8-12)17-21(15(23)10-25-17)19-9-16(24)27-18-20-13-3-1-2-4-14(13)26-18/h1-8,17,19,22H,9-10H2. The van der Waals surface area contributed by atoms with E-state index in [9.17, 15) is 14.7 Å². The minimum absolute atomic E-state index is 0.0292. The second-order valence-electron chi connectivity index (χ2n) is 5.78. The molecule has 1 atom stereocenters.